The summed E-state index contributed by atoms with van der Waals surface area (Å²) < 4.78 is 8.74. The molecule has 1 saturated heterocycles. The van der Waals surface area contributed by atoms with E-state index in [1.165, 1.54) is 5.69 Å². The van der Waals surface area contributed by atoms with Crippen LogP contribution in [0.1, 0.15) is 50.8 Å². The Morgan fingerprint density at radius 1 is 1.33 bits per heavy atom. The first kappa shape index (κ1) is 12.5. The summed E-state index contributed by atoms with van der Waals surface area (Å²) in [6, 6.07) is 0.990. The highest BCUT2D eigenvalue weighted by Crippen LogP contribution is 2.40. The lowest BCUT2D eigenvalue weighted by Crippen LogP contribution is -2.28. The molecular weight excluding hydrogens is 294 g/mol. The number of nitrogens with one attached hydrogen (secondary N) is 1. The summed E-state index contributed by atoms with van der Waals surface area (Å²) in [5.41, 5.74) is 1.21. The molecule has 5 heteroatoms. The van der Waals surface area contributed by atoms with Gasteiger partial charge in [-0.1, -0.05) is 0 Å². The second kappa shape index (κ2) is 4.85. The molecule has 1 N–H and O–H groups in total. The van der Waals surface area contributed by atoms with E-state index >= 15 is 0 Å². The minimum Gasteiger partial charge on any atom is -0.381 e. The second-order valence-electron chi connectivity index (χ2n) is 5.51. The maximum Gasteiger partial charge on any atom is 0.139 e. The zero-order chi connectivity index (χ0) is 12.7. The van der Waals surface area contributed by atoms with E-state index in [0.717, 1.165) is 42.8 Å². The first-order valence-electron chi connectivity index (χ1n) is 6.79. The summed E-state index contributed by atoms with van der Waals surface area (Å²) in [5, 5.41) is 8.38. The Bertz CT molecular complexity index is 440. The van der Waals surface area contributed by atoms with E-state index < -0.39 is 0 Å². The van der Waals surface area contributed by atoms with E-state index in [1.807, 2.05) is 0 Å². The van der Waals surface area contributed by atoms with Crippen molar-refractivity contribution in [1.82, 2.24) is 9.78 Å². The van der Waals surface area contributed by atoms with Gasteiger partial charge in [0.1, 0.15) is 5.82 Å². The Hall–Kier alpha value is -0.550. The summed E-state index contributed by atoms with van der Waals surface area (Å²) in [6.45, 7) is 6.19. The van der Waals surface area contributed by atoms with Crippen LogP contribution in [0.3, 0.4) is 0 Å². The molecule has 0 aromatic carbocycles. The standard InChI is InChI=1S/C13H20BrN3O/c1-8-7-9(2)17-13(15-8)11(14)12(16-17)10-3-5-18-6-4-10/h8-10,15H,3-7H2,1-2H3. The van der Waals surface area contributed by atoms with Crippen LogP contribution in [0.2, 0.25) is 0 Å². The molecule has 2 atom stereocenters. The van der Waals surface area contributed by atoms with Gasteiger partial charge < -0.3 is 10.1 Å². The molecule has 0 spiro atoms. The third kappa shape index (κ3) is 2.07. The zero-order valence-electron chi connectivity index (χ0n) is 10.9. The normalized spacial score (nSPS) is 28.8. The van der Waals surface area contributed by atoms with E-state index in [2.05, 4.69) is 39.8 Å². The van der Waals surface area contributed by atoms with Crippen molar-refractivity contribution in [3.8, 4) is 0 Å². The number of anilines is 1. The van der Waals surface area contributed by atoms with Gasteiger partial charge >= 0.3 is 0 Å². The van der Waals surface area contributed by atoms with Gasteiger partial charge in [0.25, 0.3) is 0 Å². The molecule has 3 rings (SSSR count). The second-order valence-corrected chi connectivity index (χ2v) is 6.30. The fraction of sp³-hybridized carbons (Fsp3) is 0.769. The number of aromatic nitrogens is 2. The van der Waals surface area contributed by atoms with Gasteiger partial charge in [-0.3, -0.25) is 0 Å². The van der Waals surface area contributed by atoms with E-state index in [1.54, 1.807) is 0 Å². The van der Waals surface area contributed by atoms with E-state index in [0.29, 0.717) is 18.0 Å². The molecule has 3 heterocycles. The van der Waals surface area contributed by atoms with Gasteiger partial charge in [-0.25, -0.2) is 4.68 Å². The highest BCUT2D eigenvalue weighted by atomic mass is 79.9. The van der Waals surface area contributed by atoms with Crippen LogP contribution in [0, 0.1) is 0 Å². The number of hydrogen-bond donors (Lipinski definition) is 1. The molecule has 1 aromatic rings. The van der Waals surface area contributed by atoms with Crippen LogP contribution in [0.25, 0.3) is 0 Å². The monoisotopic (exact) mass is 313 g/mol. The molecule has 1 aromatic heterocycles. The van der Waals surface area contributed by atoms with Crippen molar-refractivity contribution in [2.24, 2.45) is 0 Å². The van der Waals surface area contributed by atoms with Crippen molar-refractivity contribution in [3.05, 3.63) is 10.2 Å². The first-order chi connectivity index (χ1) is 8.66. The van der Waals surface area contributed by atoms with E-state index in [-0.39, 0.29) is 0 Å². The number of ether oxygens (including phenoxy) is 1. The molecule has 1 fully saturated rings. The molecule has 100 valence electrons. The highest BCUT2D eigenvalue weighted by molar-refractivity contribution is 9.10. The summed E-state index contributed by atoms with van der Waals surface area (Å²) in [4.78, 5) is 0. The fourth-order valence-corrected chi connectivity index (χ4v) is 3.72. The van der Waals surface area contributed by atoms with Crippen molar-refractivity contribution in [1.29, 1.82) is 0 Å². The molecule has 4 nitrogen and oxygen atoms in total. The van der Waals surface area contributed by atoms with Crippen LogP contribution in [0.5, 0.6) is 0 Å². The van der Waals surface area contributed by atoms with Crippen molar-refractivity contribution in [3.63, 3.8) is 0 Å². The maximum absolute atomic E-state index is 5.44. The molecule has 0 amide bonds. The molecule has 18 heavy (non-hydrogen) atoms. The van der Waals surface area contributed by atoms with Crippen LogP contribution in [0.15, 0.2) is 4.47 Å². The Morgan fingerprint density at radius 3 is 2.78 bits per heavy atom. The van der Waals surface area contributed by atoms with Crippen LogP contribution in [0.4, 0.5) is 5.82 Å². The lowest BCUT2D eigenvalue weighted by Gasteiger charge is -2.28. The van der Waals surface area contributed by atoms with Crippen molar-refractivity contribution in [2.75, 3.05) is 18.5 Å². The molecule has 2 unspecified atom stereocenters. The Balaban J connectivity index is 1.94. The van der Waals surface area contributed by atoms with Crippen molar-refractivity contribution < 1.29 is 4.74 Å². The molecule has 0 bridgehead atoms. The quantitative estimate of drug-likeness (QED) is 0.864. The number of fused-ring (bicyclic) bond motifs is 1. The van der Waals surface area contributed by atoms with Gasteiger partial charge in [0.15, 0.2) is 0 Å². The Labute approximate surface area is 116 Å². The van der Waals surface area contributed by atoms with Crippen molar-refractivity contribution in [2.45, 2.75) is 51.1 Å². The topological polar surface area (TPSA) is 39.1 Å². The summed E-state index contributed by atoms with van der Waals surface area (Å²) >= 11 is 3.74. The van der Waals surface area contributed by atoms with Gasteiger partial charge in [0.2, 0.25) is 0 Å². The van der Waals surface area contributed by atoms with Crippen LogP contribution >= 0.6 is 15.9 Å². The number of hydrogen-bond acceptors (Lipinski definition) is 3. The molecule has 2 aliphatic heterocycles. The number of nitrogens with zero attached hydrogens (tertiary/aromatic N) is 2. The predicted octanol–water partition coefficient (Wildman–Crippen LogP) is 3.30. The highest BCUT2D eigenvalue weighted by Gasteiger charge is 2.29. The summed E-state index contributed by atoms with van der Waals surface area (Å²) in [7, 11) is 0. The van der Waals surface area contributed by atoms with Gasteiger partial charge in [0, 0.05) is 25.2 Å². The van der Waals surface area contributed by atoms with Gasteiger partial charge in [0.05, 0.1) is 16.2 Å². The lowest BCUT2D eigenvalue weighted by atomic mass is 9.97. The van der Waals surface area contributed by atoms with Gasteiger partial charge in [-0.05, 0) is 49.0 Å². The lowest BCUT2D eigenvalue weighted by molar-refractivity contribution is 0.0842. The van der Waals surface area contributed by atoms with Crippen LogP contribution < -0.4 is 5.32 Å². The van der Waals surface area contributed by atoms with E-state index in [4.69, 9.17) is 9.84 Å². The SMILES string of the molecule is CC1CC(C)n2nc(C3CCOCC3)c(Br)c2N1. The van der Waals surface area contributed by atoms with Gasteiger partial charge in [-0.15, -0.1) is 0 Å². The fourth-order valence-electron chi connectivity index (χ4n) is 3.02. The average molecular weight is 314 g/mol. The maximum atomic E-state index is 5.44. The zero-order valence-corrected chi connectivity index (χ0v) is 12.5. The number of rotatable bonds is 1. The Kier molecular flexibility index (Phi) is 3.36. The minimum absolute atomic E-state index is 0.473. The molecule has 0 radical (unpaired) electrons. The van der Waals surface area contributed by atoms with Crippen molar-refractivity contribution >= 4 is 21.7 Å². The Morgan fingerprint density at radius 2 is 2.06 bits per heavy atom. The molecular formula is C13H20BrN3O. The van der Waals surface area contributed by atoms with E-state index in [9.17, 15) is 0 Å². The predicted molar refractivity (Wildman–Crippen MR) is 75.1 cm³/mol. The van der Waals surface area contributed by atoms with Crippen LogP contribution in [-0.2, 0) is 4.74 Å². The number of halogens is 1. The summed E-state index contributed by atoms with van der Waals surface area (Å²) in [6.07, 6.45) is 3.30. The van der Waals surface area contributed by atoms with Gasteiger partial charge in [-0.2, -0.15) is 5.10 Å². The first-order valence-corrected chi connectivity index (χ1v) is 7.58. The largest absolute Gasteiger partial charge is 0.381 e. The summed E-state index contributed by atoms with van der Waals surface area (Å²) in [5.74, 6) is 1.69. The average Bonchev–Trinajstić information content (AvgIpc) is 2.69. The van der Waals surface area contributed by atoms with Crippen LogP contribution in [-0.4, -0.2) is 29.0 Å². The minimum atomic E-state index is 0.473. The smallest absolute Gasteiger partial charge is 0.139 e. The third-order valence-corrected chi connectivity index (χ3v) is 4.76. The third-order valence-electron chi connectivity index (χ3n) is 3.98. The molecule has 0 saturated carbocycles. The molecule has 0 aliphatic carbocycles. The molecule has 2 aliphatic rings.